The highest BCUT2D eigenvalue weighted by Gasteiger charge is 2.14. The van der Waals surface area contributed by atoms with E-state index in [0.29, 0.717) is 45.7 Å². The van der Waals surface area contributed by atoms with E-state index in [-0.39, 0.29) is 24.8 Å². The fourth-order valence-electron chi connectivity index (χ4n) is 6.31. The van der Waals surface area contributed by atoms with Gasteiger partial charge in [-0.1, -0.05) is 116 Å². The molecule has 54 heavy (non-hydrogen) atoms. The zero-order chi connectivity index (χ0) is 39.4. The standard InChI is InChI=1S/C46H87NO7/c1-4-7-10-13-22-30-42-53-46(54-43-31-23-14-11-8-5-2)35-34-45(50)52-41-29-24-20-27-37-47(38-32-39-48)36-26-19-17-15-16-18-25-33-44(49)51-40-28-21-12-9-6-3/h7-8,10-11,46,48H,4-6,9,12-43H2,1-3H3/b10-7-,11-8-. The van der Waals surface area contributed by atoms with Gasteiger partial charge in [0.1, 0.15) is 0 Å². The zero-order valence-corrected chi connectivity index (χ0v) is 35.7. The lowest BCUT2D eigenvalue weighted by Gasteiger charge is -2.22. The van der Waals surface area contributed by atoms with Crippen LogP contribution in [0.25, 0.3) is 0 Å². The Balaban J connectivity index is 4.05. The summed E-state index contributed by atoms with van der Waals surface area (Å²) >= 11 is 0. The number of aliphatic hydroxyl groups excluding tert-OH is 1. The summed E-state index contributed by atoms with van der Waals surface area (Å²) in [5, 5.41) is 9.37. The molecule has 0 aromatic heterocycles. The molecule has 0 rings (SSSR count). The molecule has 0 aliphatic rings. The molecule has 0 aliphatic carbocycles. The highest BCUT2D eigenvalue weighted by Crippen LogP contribution is 2.13. The third-order valence-corrected chi connectivity index (χ3v) is 9.66. The lowest BCUT2D eigenvalue weighted by atomic mass is 10.1. The van der Waals surface area contributed by atoms with Gasteiger partial charge in [0, 0.05) is 39.2 Å². The van der Waals surface area contributed by atoms with Crippen LogP contribution in [-0.4, -0.2) is 80.9 Å². The van der Waals surface area contributed by atoms with Crippen LogP contribution in [-0.2, 0) is 28.5 Å². The van der Waals surface area contributed by atoms with Gasteiger partial charge in [-0.05, 0) is 103 Å². The molecule has 1 N–H and O–H groups in total. The van der Waals surface area contributed by atoms with Crippen LogP contribution in [0.4, 0.5) is 0 Å². The zero-order valence-electron chi connectivity index (χ0n) is 35.7. The molecule has 8 heteroatoms. The van der Waals surface area contributed by atoms with Crippen molar-refractivity contribution in [3.8, 4) is 0 Å². The Morgan fingerprint density at radius 2 is 0.944 bits per heavy atom. The van der Waals surface area contributed by atoms with E-state index in [4.69, 9.17) is 18.9 Å². The van der Waals surface area contributed by atoms with E-state index in [9.17, 15) is 14.7 Å². The molecule has 0 spiro atoms. The molecule has 8 nitrogen and oxygen atoms in total. The van der Waals surface area contributed by atoms with Crippen LogP contribution in [0, 0.1) is 0 Å². The molecule has 0 fully saturated rings. The summed E-state index contributed by atoms with van der Waals surface area (Å²) in [5.41, 5.74) is 0. The number of hydrogen-bond donors (Lipinski definition) is 1. The van der Waals surface area contributed by atoms with E-state index in [0.717, 1.165) is 129 Å². The van der Waals surface area contributed by atoms with Crippen LogP contribution in [0.3, 0.4) is 0 Å². The number of rotatable bonds is 43. The summed E-state index contributed by atoms with van der Waals surface area (Å²) in [6.07, 6.45) is 37.4. The highest BCUT2D eigenvalue weighted by molar-refractivity contribution is 5.69. The van der Waals surface area contributed by atoms with Crippen molar-refractivity contribution < 1.29 is 33.6 Å². The third kappa shape index (κ3) is 39.9. The van der Waals surface area contributed by atoms with Crippen LogP contribution in [0.2, 0.25) is 0 Å². The second kappa shape index (κ2) is 44.0. The Kier molecular flexibility index (Phi) is 42.6. The van der Waals surface area contributed by atoms with Crippen molar-refractivity contribution in [2.24, 2.45) is 0 Å². The summed E-state index contributed by atoms with van der Waals surface area (Å²) in [6.45, 7) is 12.2. The fourth-order valence-corrected chi connectivity index (χ4v) is 6.31. The van der Waals surface area contributed by atoms with Crippen LogP contribution in [0.15, 0.2) is 24.3 Å². The van der Waals surface area contributed by atoms with E-state index >= 15 is 0 Å². The second-order valence-electron chi connectivity index (χ2n) is 14.9. The third-order valence-electron chi connectivity index (χ3n) is 9.66. The smallest absolute Gasteiger partial charge is 0.305 e. The summed E-state index contributed by atoms with van der Waals surface area (Å²) in [5.74, 6) is -0.196. The Bertz CT molecular complexity index is 825. The molecule has 0 aromatic rings. The summed E-state index contributed by atoms with van der Waals surface area (Å²) in [7, 11) is 0. The number of hydrogen-bond acceptors (Lipinski definition) is 8. The minimum atomic E-state index is -0.355. The van der Waals surface area contributed by atoms with E-state index in [1.54, 1.807) is 0 Å². The largest absolute Gasteiger partial charge is 0.466 e. The topological polar surface area (TPSA) is 94.5 Å². The molecule has 0 aliphatic heterocycles. The van der Waals surface area contributed by atoms with Gasteiger partial charge in [-0.15, -0.1) is 0 Å². The minimum Gasteiger partial charge on any atom is -0.466 e. The highest BCUT2D eigenvalue weighted by atomic mass is 16.7. The van der Waals surface area contributed by atoms with Gasteiger partial charge in [-0.25, -0.2) is 0 Å². The number of aliphatic hydroxyl groups is 1. The van der Waals surface area contributed by atoms with Gasteiger partial charge in [-0.2, -0.15) is 0 Å². The lowest BCUT2D eigenvalue weighted by Crippen LogP contribution is -2.28. The van der Waals surface area contributed by atoms with Crippen LogP contribution >= 0.6 is 0 Å². The molecule has 0 atom stereocenters. The van der Waals surface area contributed by atoms with Gasteiger partial charge in [-0.3, -0.25) is 9.59 Å². The first kappa shape index (κ1) is 52.3. The maximum absolute atomic E-state index is 12.5. The predicted octanol–water partition coefficient (Wildman–Crippen LogP) is 11.8. The second-order valence-corrected chi connectivity index (χ2v) is 14.9. The number of carbonyl (C=O) groups is 2. The fraction of sp³-hybridized carbons (Fsp3) is 0.870. The molecular formula is C46H87NO7. The van der Waals surface area contributed by atoms with Crippen molar-refractivity contribution in [2.75, 3.05) is 52.7 Å². The molecule has 0 aromatic carbocycles. The van der Waals surface area contributed by atoms with Crippen LogP contribution < -0.4 is 0 Å². The number of carbonyl (C=O) groups excluding carboxylic acids is 2. The van der Waals surface area contributed by atoms with Gasteiger partial charge in [0.05, 0.1) is 19.6 Å². The number of allylic oxidation sites excluding steroid dienone is 4. The summed E-state index contributed by atoms with van der Waals surface area (Å²) in [4.78, 5) is 26.9. The maximum atomic E-state index is 12.5. The molecule has 0 saturated heterocycles. The molecule has 0 amide bonds. The molecule has 318 valence electrons. The monoisotopic (exact) mass is 766 g/mol. The van der Waals surface area contributed by atoms with Gasteiger partial charge < -0.3 is 29.0 Å². The molecular weight excluding hydrogens is 679 g/mol. The molecule has 0 saturated carbocycles. The van der Waals surface area contributed by atoms with Gasteiger partial charge >= 0.3 is 11.9 Å². The number of nitrogens with zero attached hydrogens (tertiary/aromatic N) is 1. The molecule has 0 radical (unpaired) electrons. The Morgan fingerprint density at radius 1 is 0.500 bits per heavy atom. The summed E-state index contributed by atoms with van der Waals surface area (Å²) in [6, 6.07) is 0. The number of ether oxygens (including phenoxy) is 4. The van der Waals surface area contributed by atoms with Gasteiger partial charge in [0.15, 0.2) is 6.29 Å². The van der Waals surface area contributed by atoms with Crippen molar-refractivity contribution in [3.05, 3.63) is 24.3 Å². The van der Waals surface area contributed by atoms with Crippen molar-refractivity contribution in [3.63, 3.8) is 0 Å². The van der Waals surface area contributed by atoms with Crippen molar-refractivity contribution in [1.29, 1.82) is 0 Å². The first-order valence-electron chi connectivity index (χ1n) is 22.7. The predicted molar refractivity (Wildman–Crippen MR) is 226 cm³/mol. The van der Waals surface area contributed by atoms with E-state index in [1.807, 2.05) is 0 Å². The number of unbranched alkanes of at least 4 members (excludes halogenated alkanes) is 17. The molecule has 0 bridgehead atoms. The Hall–Kier alpha value is -1.74. The average molecular weight is 766 g/mol. The quantitative estimate of drug-likeness (QED) is 0.0284. The minimum absolute atomic E-state index is 0.0297. The first-order valence-corrected chi connectivity index (χ1v) is 22.7. The molecule has 0 unspecified atom stereocenters. The normalized spacial score (nSPS) is 11.9. The molecule has 0 heterocycles. The lowest BCUT2D eigenvalue weighted by molar-refractivity contribution is -0.159. The summed E-state index contributed by atoms with van der Waals surface area (Å²) < 4.78 is 23.0. The van der Waals surface area contributed by atoms with Crippen molar-refractivity contribution in [1.82, 2.24) is 4.90 Å². The maximum Gasteiger partial charge on any atom is 0.305 e. The van der Waals surface area contributed by atoms with Crippen molar-refractivity contribution in [2.45, 2.75) is 207 Å². The van der Waals surface area contributed by atoms with Crippen LogP contribution in [0.5, 0.6) is 0 Å². The first-order chi connectivity index (χ1) is 26.6. The van der Waals surface area contributed by atoms with Crippen molar-refractivity contribution >= 4 is 11.9 Å². The van der Waals surface area contributed by atoms with E-state index < -0.39 is 0 Å². The van der Waals surface area contributed by atoms with Gasteiger partial charge in [0.2, 0.25) is 0 Å². The van der Waals surface area contributed by atoms with Gasteiger partial charge in [0.25, 0.3) is 0 Å². The van der Waals surface area contributed by atoms with E-state index in [1.165, 1.54) is 51.4 Å². The SMILES string of the molecule is CC/C=C\CCCCOC(CCC(=O)OCCCCCCN(CCCO)CCCCCCCCCC(=O)OCCCCCCC)OCCCC/C=C\CC. The Morgan fingerprint density at radius 3 is 1.46 bits per heavy atom. The average Bonchev–Trinajstić information content (AvgIpc) is 3.17. The Labute approximate surface area is 333 Å². The van der Waals surface area contributed by atoms with Crippen LogP contribution in [0.1, 0.15) is 201 Å². The van der Waals surface area contributed by atoms with E-state index in [2.05, 4.69) is 50.0 Å². The number of esters is 2.